The zero-order valence-corrected chi connectivity index (χ0v) is 32.3. The number of aliphatic hydroxyl groups excluding tert-OH is 2. The Balaban J connectivity index is 3.41. The van der Waals surface area contributed by atoms with Gasteiger partial charge in [-0.1, -0.05) is 23.5 Å². The molecule has 0 fully saturated rings. The zero-order valence-electron chi connectivity index (χ0n) is 22.5. The highest BCUT2D eigenvalue weighted by Crippen LogP contribution is 2.22. The van der Waals surface area contributed by atoms with E-state index in [9.17, 15) is 18.9 Å². The summed E-state index contributed by atoms with van der Waals surface area (Å²) in [6, 6.07) is 0. The number of hydrogen-bond donors (Lipinski definition) is 2. The molecule has 0 radical (unpaired) electrons. The van der Waals surface area contributed by atoms with Gasteiger partial charge in [-0.25, -0.2) is 0 Å². The van der Waals surface area contributed by atoms with Gasteiger partial charge in [0.2, 0.25) is 0 Å². The van der Waals surface area contributed by atoms with Crippen LogP contribution in [0.5, 0.6) is 0 Å². The second kappa shape index (κ2) is 35.5. The molecule has 0 aromatic rings. The highest BCUT2D eigenvalue weighted by Gasteiger charge is 2.09. The first-order valence-corrected chi connectivity index (χ1v) is 25.8. The van der Waals surface area contributed by atoms with Crippen LogP contribution in [0.1, 0.15) is 0 Å². The molecule has 242 valence electrons. The van der Waals surface area contributed by atoms with Crippen LogP contribution in [-0.4, -0.2) is 133 Å². The van der Waals surface area contributed by atoms with E-state index in [4.69, 9.17) is 19.7 Å². The lowest BCUT2D eigenvalue weighted by molar-refractivity contribution is -0.139. The molecule has 0 bridgehead atoms. The molecule has 0 aromatic carbocycles. The van der Waals surface area contributed by atoms with Gasteiger partial charge in [0, 0.05) is 49.1 Å². The molecule has 0 saturated carbocycles. The highest BCUT2D eigenvalue weighted by molar-refractivity contribution is 8.29. The average Bonchev–Trinajstić information content (AvgIpc) is 2.96. The van der Waals surface area contributed by atoms with Crippen molar-refractivity contribution in [3.05, 3.63) is 0 Å². The van der Waals surface area contributed by atoms with E-state index >= 15 is 0 Å². The molecule has 41 heavy (non-hydrogen) atoms. The summed E-state index contributed by atoms with van der Waals surface area (Å²) >= 11 is 15.7. The molecule has 0 rings (SSSR count). The summed E-state index contributed by atoms with van der Waals surface area (Å²) in [5.74, 6) is 6.14. The van der Waals surface area contributed by atoms with E-state index in [2.05, 4.69) is 0 Å². The normalized spacial score (nSPS) is 11.9. The van der Waals surface area contributed by atoms with Gasteiger partial charge in [-0.2, -0.15) is 0 Å². The van der Waals surface area contributed by atoms with Crippen LogP contribution in [0.4, 0.5) is 0 Å². The van der Waals surface area contributed by atoms with Crippen LogP contribution in [0, 0.1) is 0 Å². The standard InChI is InChI=1S/C21H38O8S12/c22-10-30-1-3-32-12-28-19(24)7-35-14-34-5-6-41(27)18-39-16-38-17-40-21(26)9-37-15-36-8-20(25)29-13-33-4-2-31-11-23/h22-23H,1-18H2. The Labute approximate surface area is 294 Å². The first-order valence-electron chi connectivity index (χ1n) is 11.8. The maximum atomic E-state index is 12.1. The lowest BCUT2D eigenvalue weighted by Crippen LogP contribution is -2.11. The summed E-state index contributed by atoms with van der Waals surface area (Å²) in [6.45, 7) is 0. The van der Waals surface area contributed by atoms with E-state index in [1.807, 2.05) is 0 Å². The SMILES string of the molecule is O=C(CSCSCC[S+]([O-])CSCSCSC(=O)CSCSCC(=O)OCSCCSCO)OCSCCSCO. The molecule has 0 aliphatic heterocycles. The van der Waals surface area contributed by atoms with Crippen LogP contribution in [0.3, 0.4) is 0 Å². The van der Waals surface area contributed by atoms with Crippen LogP contribution in [-0.2, 0) is 35.0 Å². The van der Waals surface area contributed by atoms with Crippen molar-refractivity contribution in [2.24, 2.45) is 0 Å². The number of ether oxygens (including phenoxy) is 2. The summed E-state index contributed by atoms with van der Waals surface area (Å²) in [7, 11) is 0. The lowest BCUT2D eigenvalue weighted by atomic mass is 10.8. The van der Waals surface area contributed by atoms with Crippen molar-refractivity contribution in [1.29, 1.82) is 0 Å². The Kier molecular flexibility index (Phi) is 37.9. The second-order valence-electron chi connectivity index (χ2n) is 6.77. The average molecular weight is 803 g/mol. The topological polar surface area (TPSA) is 133 Å². The summed E-state index contributed by atoms with van der Waals surface area (Å²) in [5, 5.41) is 20.9. The summed E-state index contributed by atoms with van der Waals surface area (Å²) in [6.07, 6.45) is 0. The Morgan fingerprint density at radius 1 is 0.585 bits per heavy atom. The highest BCUT2D eigenvalue weighted by atomic mass is 32.3. The van der Waals surface area contributed by atoms with E-state index in [0.29, 0.717) is 44.4 Å². The Hall–Kier alpha value is 2.69. The van der Waals surface area contributed by atoms with Crippen LogP contribution >= 0.6 is 129 Å². The third-order valence-corrected chi connectivity index (χ3v) is 17.4. The van der Waals surface area contributed by atoms with E-state index < -0.39 is 11.2 Å². The molecule has 0 saturated heterocycles. The molecule has 0 heterocycles. The van der Waals surface area contributed by atoms with Crippen LogP contribution < -0.4 is 0 Å². The van der Waals surface area contributed by atoms with Gasteiger partial charge in [-0.3, -0.25) is 14.4 Å². The van der Waals surface area contributed by atoms with Crippen molar-refractivity contribution < 1.29 is 38.6 Å². The maximum Gasteiger partial charge on any atom is 0.316 e. The van der Waals surface area contributed by atoms with Crippen LogP contribution in [0.2, 0.25) is 0 Å². The minimum atomic E-state index is -0.886. The van der Waals surface area contributed by atoms with Crippen molar-refractivity contribution in [3.8, 4) is 0 Å². The first-order chi connectivity index (χ1) is 20.0. The Bertz CT molecular complexity index is 641. The van der Waals surface area contributed by atoms with Gasteiger partial charge in [-0.15, -0.1) is 106 Å². The molecule has 0 aromatic heterocycles. The molecule has 0 aliphatic rings. The smallest absolute Gasteiger partial charge is 0.316 e. The van der Waals surface area contributed by atoms with Gasteiger partial charge >= 0.3 is 11.9 Å². The molecular weight excluding hydrogens is 765 g/mol. The van der Waals surface area contributed by atoms with Crippen molar-refractivity contribution >= 4 is 158 Å². The second-order valence-corrected chi connectivity index (χ2v) is 21.5. The summed E-state index contributed by atoms with van der Waals surface area (Å²) < 4.78 is 22.4. The number of aliphatic hydroxyl groups is 2. The van der Waals surface area contributed by atoms with Gasteiger partial charge in [-0.05, 0) is 11.2 Å². The van der Waals surface area contributed by atoms with E-state index in [0.717, 1.165) is 38.9 Å². The van der Waals surface area contributed by atoms with Crippen molar-refractivity contribution in [2.75, 3.05) is 101 Å². The quantitative estimate of drug-likeness (QED) is 0.0421. The predicted molar refractivity (Wildman–Crippen MR) is 201 cm³/mol. The Morgan fingerprint density at radius 2 is 1.10 bits per heavy atom. The van der Waals surface area contributed by atoms with Crippen molar-refractivity contribution in [1.82, 2.24) is 0 Å². The summed E-state index contributed by atoms with van der Waals surface area (Å²) in [4.78, 5) is 35.2. The van der Waals surface area contributed by atoms with E-state index in [1.54, 1.807) is 35.3 Å². The number of hydrogen-bond acceptors (Lipinski definition) is 19. The fraction of sp³-hybridized carbons (Fsp3) is 0.857. The fourth-order valence-corrected chi connectivity index (χ4v) is 13.9. The van der Waals surface area contributed by atoms with Crippen molar-refractivity contribution in [2.45, 2.75) is 0 Å². The molecule has 0 aliphatic carbocycles. The monoisotopic (exact) mass is 802 g/mol. The molecule has 20 heteroatoms. The first kappa shape index (κ1) is 43.7. The molecule has 2 N–H and O–H groups in total. The van der Waals surface area contributed by atoms with Gasteiger partial charge in [0.05, 0.1) is 29.1 Å². The number of thioether (sulfide) groups is 11. The van der Waals surface area contributed by atoms with Crippen molar-refractivity contribution in [3.63, 3.8) is 0 Å². The van der Waals surface area contributed by atoms with E-state index in [1.165, 1.54) is 94.1 Å². The number of carbonyl (C=O) groups is 3. The van der Waals surface area contributed by atoms with Gasteiger partial charge in [0.1, 0.15) is 17.6 Å². The van der Waals surface area contributed by atoms with Gasteiger partial charge < -0.3 is 24.2 Å². The van der Waals surface area contributed by atoms with E-state index in [-0.39, 0.29) is 34.7 Å². The number of esters is 2. The summed E-state index contributed by atoms with van der Waals surface area (Å²) in [5.41, 5.74) is 0. The van der Waals surface area contributed by atoms with Gasteiger partial charge in [0.25, 0.3) is 0 Å². The Morgan fingerprint density at radius 3 is 1.68 bits per heavy atom. The molecule has 1 atom stereocenters. The zero-order chi connectivity index (χ0) is 30.2. The number of rotatable bonds is 31. The number of carbonyl (C=O) groups excluding carboxylic acids is 3. The molecule has 8 nitrogen and oxygen atoms in total. The van der Waals surface area contributed by atoms with Crippen LogP contribution in [0.15, 0.2) is 0 Å². The molecular formula is C21H38O8S12. The lowest BCUT2D eigenvalue weighted by Gasteiger charge is -2.10. The molecule has 1 unspecified atom stereocenters. The molecule has 0 amide bonds. The maximum absolute atomic E-state index is 12.1. The third kappa shape index (κ3) is 35.4. The molecule has 0 spiro atoms. The fourth-order valence-electron chi connectivity index (χ4n) is 1.91. The minimum absolute atomic E-state index is 0.107. The third-order valence-electron chi connectivity index (χ3n) is 3.67. The predicted octanol–water partition coefficient (Wildman–Crippen LogP) is 5.02. The van der Waals surface area contributed by atoms with Crippen LogP contribution in [0.25, 0.3) is 0 Å². The van der Waals surface area contributed by atoms with Gasteiger partial charge in [0.15, 0.2) is 10.2 Å². The largest absolute Gasteiger partial charge is 0.616 e. The minimum Gasteiger partial charge on any atom is -0.616 e.